The fraction of sp³-hybridized carbons (Fsp3) is 0.571. The number of benzene rings is 1. The maximum Gasteiger partial charge on any atom is 0.0629 e. The Bertz CT molecular complexity index is 367. The van der Waals surface area contributed by atoms with Crippen molar-refractivity contribution >= 4 is 11.8 Å². The summed E-state index contributed by atoms with van der Waals surface area (Å²) in [6, 6.07) is 9.13. The van der Waals surface area contributed by atoms with Crippen LogP contribution in [0.2, 0.25) is 0 Å². The highest BCUT2D eigenvalue weighted by molar-refractivity contribution is 7.99. The van der Waals surface area contributed by atoms with Gasteiger partial charge in [0.05, 0.1) is 12.7 Å². The van der Waals surface area contributed by atoms with Gasteiger partial charge < -0.3 is 10.1 Å². The van der Waals surface area contributed by atoms with Crippen LogP contribution < -0.4 is 5.32 Å². The van der Waals surface area contributed by atoms with E-state index in [4.69, 9.17) is 4.74 Å². The molecule has 2 atom stereocenters. The van der Waals surface area contributed by atoms with Crippen LogP contribution in [-0.4, -0.2) is 31.6 Å². The highest BCUT2D eigenvalue weighted by Crippen LogP contribution is 2.40. The second-order valence-corrected chi connectivity index (χ2v) is 5.79. The van der Waals surface area contributed by atoms with Gasteiger partial charge in [-0.1, -0.05) is 18.2 Å². The van der Waals surface area contributed by atoms with E-state index in [1.807, 2.05) is 18.8 Å². The Balaban J connectivity index is 2.06. The average Bonchev–Trinajstić information content (AvgIpc) is 2.74. The summed E-state index contributed by atoms with van der Waals surface area (Å²) in [6.07, 6.45) is 0.301. The second-order valence-electron chi connectivity index (χ2n) is 4.73. The molecule has 94 valence electrons. The first-order chi connectivity index (χ1) is 8.22. The van der Waals surface area contributed by atoms with E-state index in [2.05, 4.69) is 43.4 Å². The van der Waals surface area contributed by atoms with E-state index in [0.717, 1.165) is 12.4 Å². The molecule has 1 heterocycles. The Morgan fingerprint density at radius 2 is 2.18 bits per heavy atom. The molecule has 3 heteroatoms. The summed E-state index contributed by atoms with van der Waals surface area (Å²) in [4.78, 5) is 1.43. The van der Waals surface area contributed by atoms with Crippen LogP contribution in [0.15, 0.2) is 29.2 Å². The van der Waals surface area contributed by atoms with Gasteiger partial charge in [0.25, 0.3) is 0 Å². The zero-order valence-corrected chi connectivity index (χ0v) is 11.6. The number of ether oxygens (including phenoxy) is 1. The summed E-state index contributed by atoms with van der Waals surface area (Å²) in [7, 11) is 2.03. The number of likely N-dealkylation sites (N-methyl/N-ethyl adjacent to an activating group) is 1. The Labute approximate surface area is 108 Å². The van der Waals surface area contributed by atoms with Crippen molar-refractivity contribution in [3.63, 3.8) is 0 Å². The predicted molar refractivity (Wildman–Crippen MR) is 73.8 cm³/mol. The Morgan fingerprint density at radius 1 is 1.41 bits per heavy atom. The van der Waals surface area contributed by atoms with Crippen molar-refractivity contribution in [3.05, 3.63) is 29.8 Å². The lowest BCUT2D eigenvalue weighted by Crippen LogP contribution is -2.37. The molecule has 0 radical (unpaired) electrons. The van der Waals surface area contributed by atoms with Gasteiger partial charge in [-0.15, -0.1) is 11.8 Å². The fourth-order valence-corrected chi connectivity index (χ4v) is 3.55. The quantitative estimate of drug-likeness (QED) is 0.869. The smallest absolute Gasteiger partial charge is 0.0629 e. The van der Waals surface area contributed by atoms with Crippen LogP contribution >= 0.6 is 11.8 Å². The minimum absolute atomic E-state index is 0.301. The average molecular weight is 251 g/mol. The number of rotatable bonds is 5. The van der Waals surface area contributed by atoms with Crippen LogP contribution in [0.1, 0.15) is 25.3 Å². The molecule has 2 unspecified atom stereocenters. The monoisotopic (exact) mass is 251 g/mol. The molecule has 1 aliphatic rings. The molecule has 1 aromatic rings. The molecule has 0 saturated heterocycles. The summed E-state index contributed by atoms with van der Waals surface area (Å²) < 4.78 is 5.75. The molecule has 0 aromatic heterocycles. The summed E-state index contributed by atoms with van der Waals surface area (Å²) in [5.74, 6) is 1.73. The van der Waals surface area contributed by atoms with E-state index < -0.39 is 0 Å². The summed E-state index contributed by atoms with van der Waals surface area (Å²) in [5, 5.41) is 3.40. The van der Waals surface area contributed by atoms with E-state index in [1.165, 1.54) is 10.5 Å². The number of nitrogens with one attached hydrogen (secondary N) is 1. The summed E-state index contributed by atoms with van der Waals surface area (Å²) in [5.41, 5.74) is 1.48. The molecule has 17 heavy (non-hydrogen) atoms. The molecule has 0 spiro atoms. The number of thioether (sulfide) groups is 1. The molecular formula is C14H21NOS. The highest BCUT2D eigenvalue weighted by atomic mass is 32.2. The van der Waals surface area contributed by atoms with Gasteiger partial charge in [0.15, 0.2) is 0 Å². The number of hydrogen-bond acceptors (Lipinski definition) is 3. The number of hydrogen-bond donors (Lipinski definition) is 1. The van der Waals surface area contributed by atoms with Crippen molar-refractivity contribution in [3.8, 4) is 0 Å². The predicted octanol–water partition coefficient (Wildman–Crippen LogP) is 2.89. The highest BCUT2D eigenvalue weighted by Gasteiger charge is 2.29. The minimum Gasteiger partial charge on any atom is -0.377 e. The molecule has 2 nitrogen and oxygen atoms in total. The van der Waals surface area contributed by atoms with Crippen molar-refractivity contribution in [2.45, 2.75) is 36.8 Å². The van der Waals surface area contributed by atoms with Crippen molar-refractivity contribution in [1.82, 2.24) is 5.32 Å². The topological polar surface area (TPSA) is 21.3 Å². The number of fused-ring (bicyclic) bond motifs is 1. The van der Waals surface area contributed by atoms with E-state index in [1.54, 1.807) is 0 Å². The summed E-state index contributed by atoms with van der Waals surface area (Å²) >= 11 is 1.96. The van der Waals surface area contributed by atoms with E-state index in [9.17, 15) is 0 Å². The van der Waals surface area contributed by atoms with Crippen molar-refractivity contribution in [2.24, 2.45) is 0 Å². The molecular weight excluding hydrogens is 230 g/mol. The molecule has 1 aliphatic heterocycles. The Kier molecular flexibility index (Phi) is 4.48. The van der Waals surface area contributed by atoms with Gasteiger partial charge in [-0.3, -0.25) is 0 Å². The van der Waals surface area contributed by atoms with Crippen LogP contribution in [0.25, 0.3) is 0 Å². The molecule has 0 saturated carbocycles. The van der Waals surface area contributed by atoms with Crippen LogP contribution in [0.4, 0.5) is 0 Å². The van der Waals surface area contributed by atoms with Gasteiger partial charge in [-0.25, -0.2) is 0 Å². The molecule has 0 amide bonds. The first kappa shape index (κ1) is 12.9. The summed E-state index contributed by atoms with van der Waals surface area (Å²) in [6.45, 7) is 4.96. The van der Waals surface area contributed by atoms with Crippen LogP contribution in [0, 0.1) is 0 Å². The van der Waals surface area contributed by atoms with Gasteiger partial charge in [-0.2, -0.15) is 0 Å². The third-order valence-corrected chi connectivity index (χ3v) is 4.41. The van der Waals surface area contributed by atoms with Gasteiger partial charge in [-0.05, 0) is 32.5 Å². The third kappa shape index (κ3) is 3.03. The largest absolute Gasteiger partial charge is 0.377 e. The second kappa shape index (κ2) is 5.89. The van der Waals surface area contributed by atoms with Crippen LogP contribution in [0.3, 0.4) is 0 Å². The lowest BCUT2D eigenvalue weighted by Gasteiger charge is -2.24. The maximum atomic E-state index is 5.75. The van der Waals surface area contributed by atoms with Gasteiger partial charge in [0.2, 0.25) is 0 Å². The zero-order chi connectivity index (χ0) is 12.3. The standard InChI is InChI=1S/C14H21NOS/c1-10(2)16-8-13(15-3)12-9-17-14-7-5-4-6-11(12)14/h4-7,10,12-13,15H,8-9H2,1-3H3. The fourth-order valence-electron chi connectivity index (χ4n) is 2.22. The molecule has 0 aliphatic carbocycles. The molecule has 1 N–H and O–H groups in total. The van der Waals surface area contributed by atoms with Crippen molar-refractivity contribution in [2.75, 3.05) is 19.4 Å². The van der Waals surface area contributed by atoms with Gasteiger partial charge in [0.1, 0.15) is 0 Å². The maximum absolute atomic E-state index is 5.75. The van der Waals surface area contributed by atoms with Crippen molar-refractivity contribution < 1.29 is 4.74 Å². The van der Waals surface area contributed by atoms with E-state index in [-0.39, 0.29) is 0 Å². The minimum atomic E-state index is 0.301. The lowest BCUT2D eigenvalue weighted by molar-refractivity contribution is 0.0587. The van der Waals surface area contributed by atoms with E-state index in [0.29, 0.717) is 18.1 Å². The molecule has 1 aromatic carbocycles. The van der Waals surface area contributed by atoms with Crippen LogP contribution in [-0.2, 0) is 4.74 Å². The molecule has 0 fully saturated rings. The van der Waals surface area contributed by atoms with Crippen molar-refractivity contribution in [1.29, 1.82) is 0 Å². The SMILES string of the molecule is CNC(COC(C)C)C1CSc2ccccc21. The first-order valence-electron chi connectivity index (χ1n) is 6.23. The first-order valence-corrected chi connectivity index (χ1v) is 7.21. The lowest BCUT2D eigenvalue weighted by atomic mass is 9.94. The Morgan fingerprint density at radius 3 is 2.88 bits per heavy atom. The third-order valence-electron chi connectivity index (χ3n) is 3.20. The van der Waals surface area contributed by atoms with E-state index >= 15 is 0 Å². The molecule has 0 bridgehead atoms. The van der Waals surface area contributed by atoms with Gasteiger partial charge >= 0.3 is 0 Å². The normalized spacial score (nSPS) is 20.6. The van der Waals surface area contributed by atoms with Gasteiger partial charge in [0, 0.05) is 22.6 Å². The van der Waals surface area contributed by atoms with Crippen LogP contribution in [0.5, 0.6) is 0 Å². The molecule has 2 rings (SSSR count). The Hall–Kier alpha value is -0.510. The zero-order valence-electron chi connectivity index (χ0n) is 10.8.